The summed E-state index contributed by atoms with van der Waals surface area (Å²) in [6.45, 7) is 0. The van der Waals surface area contributed by atoms with Crippen molar-refractivity contribution in [2.24, 2.45) is 0 Å². The van der Waals surface area contributed by atoms with Gasteiger partial charge in [0.1, 0.15) is 0 Å². The van der Waals surface area contributed by atoms with Crippen LogP contribution < -0.4 is 5.32 Å². The second-order valence-corrected chi connectivity index (χ2v) is 2.33. The maximum Gasteiger partial charge on any atom is 0.258 e. The molecule has 0 saturated heterocycles. The quantitative estimate of drug-likeness (QED) is 0.498. The van der Waals surface area contributed by atoms with E-state index < -0.39 is 0 Å². The maximum atomic E-state index is 10.9. The summed E-state index contributed by atoms with van der Waals surface area (Å²) in [7, 11) is 0. The van der Waals surface area contributed by atoms with E-state index in [1.54, 1.807) is 24.3 Å². The van der Waals surface area contributed by atoms with E-state index in [0.29, 0.717) is 11.1 Å². The average molecular weight is 206 g/mol. The molecule has 1 N–H and O–H groups in total. The molecule has 0 spiro atoms. The normalized spacial score (nSPS) is 13.3. The minimum atomic E-state index is -0.300. The van der Waals surface area contributed by atoms with Gasteiger partial charge in [-0.15, -0.1) is 0 Å². The van der Waals surface area contributed by atoms with Crippen LogP contribution in [0.4, 0.5) is 0 Å². The van der Waals surface area contributed by atoms with Crippen LogP contribution in [0.5, 0.6) is 0 Å². The Morgan fingerprint density at radius 2 is 1.33 bits per heavy atom. The fourth-order valence-electron chi connectivity index (χ4n) is 1.12. The van der Waals surface area contributed by atoms with Crippen LogP contribution in [0, 0.1) is 0 Å². The fourth-order valence-corrected chi connectivity index (χ4v) is 1.12. The first-order valence-electron chi connectivity index (χ1n) is 3.24. The van der Waals surface area contributed by atoms with Gasteiger partial charge in [0.15, 0.2) is 0 Å². The van der Waals surface area contributed by atoms with Gasteiger partial charge in [0.05, 0.1) is 11.1 Å². The summed E-state index contributed by atoms with van der Waals surface area (Å²) in [6.07, 6.45) is 0. The van der Waals surface area contributed by atoms with Gasteiger partial charge >= 0.3 is 0 Å². The Kier molecular flexibility index (Phi) is 2.29. The van der Waals surface area contributed by atoms with Crippen molar-refractivity contribution in [3.05, 3.63) is 35.4 Å². The number of benzene rings is 1. The number of amides is 2. The minimum absolute atomic E-state index is 0. The van der Waals surface area contributed by atoms with E-state index >= 15 is 0 Å². The van der Waals surface area contributed by atoms with E-state index in [1.807, 2.05) is 0 Å². The number of carbonyl (C=O) groups is 2. The SMILES string of the molecule is O=C1NC(=O)c2ccccc21.[Ni]. The van der Waals surface area contributed by atoms with E-state index in [0.717, 1.165) is 0 Å². The molecule has 0 atom stereocenters. The van der Waals surface area contributed by atoms with Crippen LogP contribution in [-0.2, 0) is 16.5 Å². The van der Waals surface area contributed by atoms with Crippen molar-refractivity contribution in [1.29, 1.82) is 0 Å². The Labute approximate surface area is 79.1 Å². The monoisotopic (exact) mass is 205 g/mol. The van der Waals surface area contributed by atoms with Crippen LogP contribution in [0.15, 0.2) is 24.3 Å². The van der Waals surface area contributed by atoms with Crippen LogP contribution in [0.3, 0.4) is 0 Å². The van der Waals surface area contributed by atoms with Gasteiger partial charge in [0, 0.05) is 16.5 Å². The zero-order valence-electron chi connectivity index (χ0n) is 5.94. The molecule has 12 heavy (non-hydrogen) atoms. The van der Waals surface area contributed by atoms with Crippen LogP contribution in [0.1, 0.15) is 20.7 Å². The summed E-state index contributed by atoms with van der Waals surface area (Å²) in [4.78, 5) is 21.9. The molecule has 3 nitrogen and oxygen atoms in total. The molecular weight excluding hydrogens is 201 g/mol. The van der Waals surface area contributed by atoms with Gasteiger partial charge in [0.2, 0.25) is 0 Å². The molecular formula is C8H5NNiO2. The predicted octanol–water partition coefficient (Wildman–Crippen LogP) is 0.568. The van der Waals surface area contributed by atoms with Gasteiger partial charge in [-0.25, -0.2) is 0 Å². The molecule has 0 radical (unpaired) electrons. The Hall–Kier alpha value is -1.15. The third-order valence-corrected chi connectivity index (χ3v) is 1.64. The standard InChI is InChI=1S/C8H5NO2.Ni/c10-7-5-3-1-2-4-6(5)8(11)9-7;/h1-4H,(H,9,10,11);. The number of fused-ring (bicyclic) bond motifs is 1. The average Bonchev–Trinajstić information content (AvgIpc) is 2.30. The second kappa shape index (κ2) is 3.07. The molecule has 0 saturated carbocycles. The Bertz CT molecular complexity index is 316. The van der Waals surface area contributed by atoms with Crippen molar-refractivity contribution < 1.29 is 26.1 Å². The molecule has 1 aliphatic heterocycles. The zero-order valence-corrected chi connectivity index (χ0v) is 6.93. The molecule has 1 aromatic carbocycles. The summed E-state index contributed by atoms with van der Waals surface area (Å²) in [5.74, 6) is -0.601. The summed E-state index contributed by atoms with van der Waals surface area (Å²) < 4.78 is 0. The third-order valence-electron chi connectivity index (χ3n) is 1.64. The molecule has 4 heteroatoms. The number of rotatable bonds is 0. The van der Waals surface area contributed by atoms with Crippen molar-refractivity contribution >= 4 is 11.8 Å². The predicted molar refractivity (Wildman–Crippen MR) is 38.2 cm³/mol. The van der Waals surface area contributed by atoms with Gasteiger partial charge in [-0.3, -0.25) is 14.9 Å². The fraction of sp³-hybridized carbons (Fsp3) is 0. The zero-order chi connectivity index (χ0) is 7.84. The van der Waals surface area contributed by atoms with Crippen molar-refractivity contribution in [3.63, 3.8) is 0 Å². The van der Waals surface area contributed by atoms with E-state index in [2.05, 4.69) is 5.32 Å². The maximum absolute atomic E-state index is 10.9. The van der Waals surface area contributed by atoms with Crippen molar-refractivity contribution in [2.75, 3.05) is 0 Å². The number of imide groups is 1. The smallest absolute Gasteiger partial charge is 0.258 e. The van der Waals surface area contributed by atoms with E-state index in [4.69, 9.17) is 0 Å². The van der Waals surface area contributed by atoms with E-state index in [-0.39, 0.29) is 28.3 Å². The van der Waals surface area contributed by atoms with Gasteiger partial charge in [-0.05, 0) is 12.1 Å². The van der Waals surface area contributed by atoms with Crippen molar-refractivity contribution in [3.8, 4) is 0 Å². The first kappa shape index (κ1) is 8.95. The largest absolute Gasteiger partial charge is 0.288 e. The molecule has 0 fully saturated rings. The number of carbonyl (C=O) groups excluding carboxylic acids is 2. The van der Waals surface area contributed by atoms with Crippen molar-refractivity contribution in [2.45, 2.75) is 0 Å². The van der Waals surface area contributed by atoms with Crippen LogP contribution >= 0.6 is 0 Å². The van der Waals surface area contributed by atoms with Crippen LogP contribution in [0.25, 0.3) is 0 Å². The molecule has 2 amide bonds. The van der Waals surface area contributed by atoms with Gasteiger partial charge < -0.3 is 0 Å². The molecule has 0 aliphatic carbocycles. The number of nitrogens with one attached hydrogen (secondary N) is 1. The summed E-state index contributed by atoms with van der Waals surface area (Å²) in [6, 6.07) is 6.74. The molecule has 1 aromatic rings. The number of hydrogen-bond acceptors (Lipinski definition) is 2. The summed E-state index contributed by atoms with van der Waals surface area (Å²) in [5.41, 5.74) is 0.940. The topological polar surface area (TPSA) is 46.2 Å². The first-order chi connectivity index (χ1) is 5.29. The Morgan fingerprint density at radius 1 is 0.917 bits per heavy atom. The van der Waals surface area contributed by atoms with Gasteiger partial charge in [0.25, 0.3) is 11.8 Å². The number of hydrogen-bond donors (Lipinski definition) is 1. The summed E-state index contributed by atoms with van der Waals surface area (Å²) in [5, 5.41) is 2.20. The van der Waals surface area contributed by atoms with Crippen LogP contribution in [-0.4, -0.2) is 11.8 Å². The third kappa shape index (κ3) is 1.14. The van der Waals surface area contributed by atoms with Gasteiger partial charge in [-0.2, -0.15) is 0 Å². The Balaban J connectivity index is 0.000000720. The van der Waals surface area contributed by atoms with E-state index in [1.165, 1.54) is 0 Å². The van der Waals surface area contributed by atoms with Crippen molar-refractivity contribution in [1.82, 2.24) is 5.32 Å². The minimum Gasteiger partial charge on any atom is -0.288 e. The molecule has 64 valence electrons. The van der Waals surface area contributed by atoms with Crippen LogP contribution in [0.2, 0.25) is 0 Å². The second-order valence-electron chi connectivity index (χ2n) is 2.33. The molecule has 1 aliphatic rings. The summed E-state index contributed by atoms with van der Waals surface area (Å²) >= 11 is 0. The molecule has 1 heterocycles. The molecule has 0 unspecified atom stereocenters. The van der Waals surface area contributed by atoms with E-state index in [9.17, 15) is 9.59 Å². The molecule has 0 aromatic heterocycles. The molecule has 2 rings (SSSR count). The Morgan fingerprint density at radius 3 is 1.75 bits per heavy atom. The molecule has 0 bridgehead atoms. The first-order valence-corrected chi connectivity index (χ1v) is 3.24. The van der Waals surface area contributed by atoms with Gasteiger partial charge in [-0.1, -0.05) is 12.1 Å².